The number of hydrogen-bond donors (Lipinski definition) is 1. The summed E-state index contributed by atoms with van der Waals surface area (Å²) in [4.78, 5) is 34.8. The lowest BCUT2D eigenvalue weighted by atomic mass is 9.75. The van der Waals surface area contributed by atoms with Crippen molar-refractivity contribution in [2.45, 2.75) is 12.0 Å². The minimum absolute atomic E-state index is 0.221. The number of benzene rings is 5. The molecule has 0 amide bonds. The fourth-order valence-corrected chi connectivity index (χ4v) is 6.60. The van der Waals surface area contributed by atoms with Crippen molar-refractivity contribution in [2.75, 3.05) is 5.32 Å². The molecule has 2 aliphatic carbocycles. The second-order valence-electron chi connectivity index (χ2n) is 11.4. The van der Waals surface area contributed by atoms with Gasteiger partial charge in [-0.05, 0) is 66.9 Å². The first-order chi connectivity index (χ1) is 23.6. The highest BCUT2D eigenvalue weighted by Gasteiger charge is 2.39. The highest BCUT2D eigenvalue weighted by Crippen LogP contribution is 2.34. The van der Waals surface area contributed by atoms with E-state index in [4.69, 9.17) is 0 Å². The Balaban J connectivity index is 0.000000280. The average molecular weight is 624 g/mol. The van der Waals surface area contributed by atoms with E-state index in [2.05, 4.69) is 39.1 Å². The Kier molecular flexibility index (Phi) is 8.18. The third-order valence-corrected chi connectivity index (χ3v) is 8.73. The first kappa shape index (κ1) is 30.1. The Morgan fingerprint density at radius 2 is 1.52 bits per heavy atom. The van der Waals surface area contributed by atoms with Gasteiger partial charge in [0.1, 0.15) is 0 Å². The molecule has 0 bridgehead atoms. The number of anilines is 1. The van der Waals surface area contributed by atoms with Crippen LogP contribution in [-0.4, -0.2) is 23.8 Å². The summed E-state index contributed by atoms with van der Waals surface area (Å²) in [5.41, 5.74) is 15.4. The number of nitrogens with zero attached hydrogens (tertiary/aromatic N) is 4. The molecule has 0 saturated carbocycles. The number of ketones is 2. The molecule has 7 heteroatoms. The molecule has 2 atom stereocenters. The first-order valence-corrected chi connectivity index (χ1v) is 15.5. The van der Waals surface area contributed by atoms with Crippen molar-refractivity contribution >= 4 is 46.9 Å². The molecule has 5 aromatic rings. The van der Waals surface area contributed by atoms with Crippen molar-refractivity contribution in [3.05, 3.63) is 193 Å². The average Bonchev–Trinajstić information content (AvgIpc) is 3.39. The maximum absolute atomic E-state index is 14.0. The van der Waals surface area contributed by atoms with Gasteiger partial charge in [0.05, 0.1) is 11.4 Å². The summed E-state index contributed by atoms with van der Waals surface area (Å²) in [6, 6.07) is 35.8. The summed E-state index contributed by atoms with van der Waals surface area (Å²) < 4.78 is 0. The Hall–Kier alpha value is -6.56. The number of hydrogen-bond acceptors (Lipinski definition) is 5. The van der Waals surface area contributed by atoms with Crippen LogP contribution in [0.25, 0.3) is 28.2 Å². The molecule has 3 aliphatic rings. The van der Waals surface area contributed by atoms with Gasteiger partial charge in [-0.2, -0.15) is 0 Å². The van der Waals surface area contributed by atoms with E-state index in [1.54, 1.807) is 12.3 Å². The fraction of sp³-hybridized carbons (Fsp3) is 0.0488. The van der Waals surface area contributed by atoms with Gasteiger partial charge < -0.3 is 5.32 Å². The number of rotatable bonds is 4. The summed E-state index contributed by atoms with van der Waals surface area (Å²) in [7, 11) is 0. The number of azide groups is 1. The molecule has 5 aromatic carbocycles. The monoisotopic (exact) mass is 623 g/mol. The van der Waals surface area contributed by atoms with Crippen LogP contribution in [0.2, 0.25) is 0 Å². The van der Waals surface area contributed by atoms with Gasteiger partial charge >= 0.3 is 0 Å². The molecule has 7 nitrogen and oxygen atoms in total. The smallest absolute Gasteiger partial charge is 0.180 e. The lowest BCUT2D eigenvalue weighted by Crippen LogP contribution is -2.42. The van der Waals surface area contributed by atoms with Gasteiger partial charge in [-0.3, -0.25) is 14.6 Å². The standard InChI is InChI=1S/C32H21N3O2.C9H8N2/c1-2-19-10-6-9-15-23(19)28-25-17-16-24-22-14-8-7-13-21(22)18-26(20-11-4-3-5-12-20)27(24)29(25)32(37)30(31(28)36)34-35-33;1-2-5-9-8(4-1)10-6-3-7-11-9/h2-18,26,30H,1H2;1-7,10H. The summed E-state index contributed by atoms with van der Waals surface area (Å²) in [5.74, 6) is -1.19. The van der Waals surface area contributed by atoms with E-state index in [0.717, 1.165) is 43.7 Å². The molecular formula is C41H29N5O2. The van der Waals surface area contributed by atoms with Crippen LogP contribution in [0.1, 0.15) is 38.5 Å². The molecule has 1 heterocycles. The van der Waals surface area contributed by atoms with Crippen molar-refractivity contribution in [1.29, 1.82) is 0 Å². The van der Waals surface area contributed by atoms with E-state index in [1.807, 2.05) is 121 Å². The number of carbonyl (C=O) groups is 2. The molecule has 1 aliphatic heterocycles. The zero-order chi connectivity index (χ0) is 33.0. The van der Waals surface area contributed by atoms with Gasteiger partial charge in [-0.1, -0.05) is 127 Å². The summed E-state index contributed by atoms with van der Waals surface area (Å²) in [5, 5.41) is 10.4. The van der Waals surface area contributed by atoms with Crippen LogP contribution in [0, 0.1) is 10.4 Å². The summed E-state index contributed by atoms with van der Waals surface area (Å²) in [6.45, 7) is 3.91. The van der Waals surface area contributed by atoms with Crippen LogP contribution in [0.15, 0.2) is 144 Å². The second-order valence-corrected chi connectivity index (χ2v) is 11.4. The van der Waals surface area contributed by atoms with Gasteiger partial charge in [0, 0.05) is 34.4 Å². The van der Waals surface area contributed by atoms with Crippen LogP contribution in [0.3, 0.4) is 0 Å². The van der Waals surface area contributed by atoms with Crippen molar-refractivity contribution in [3.8, 4) is 0 Å². The lowest BCUT2D eigenvalue weighted by Gasteiger charge is -2.27. The number of Topliss-reactive ketones (excluding diaryl/α,β-unsaturated/α-hetero) is 2. The number of carbonyl (C=O) groups excluding carboxylic acids is 2. The van der Waals surface area contributed by atoms with Gasteiger partial charge in [0.15, 0.2) is 17.6 Å². The first-order valence-electron chi connectivity index (χ1n) is 15.5. The zero-order valence-corrected chi connectivity index (χ0v) is 25.8. The van der Waals surface area contributed by atoms with Crippen molar-refractivity contribution in [1.82, 2.24) is 0 Å². The molecule has 1 N–H and O–H groups in total. The third-order valence-electron chi connectivity index (χ3n) is 8.73. The van der Waals surface area contributed by atoms with Crippen LogP contribution < -0.4 is 15.8 Å². The SMILES string of the molecule is C1=CNc2ccccc2N=C1.C=Cc1ccccc1C1=c2ccc3c(c2C(=O)C(N=[N+]=[N-])C1=O)C(c1ccccc1)C=c1ccccc1=3. The number of allylic oxidation sites excluding steroid dienone is 1. The van der Waals surface area contributed by atoms with Gasteiger partial charge in [0.2, 0.25) is 0 Å². The minimum atomic E-state index is -1.47. The number of para-hydroxylation sites is 2. The van der Waals surface area contributed by atoms with Gasteiger partial charge in [-0.15, -0.1) is 0 Å². The summed E-state index contributed by atoms with van der Waals surface area (Å²) in [6.07, 6.45) is 9.37. The van der Waals surface area contributed by atoms with Crippen molar-refractivity contribution < 1.29 is 9.59 Å². The molecule has 0 radical (unpaired) electrons. The Bertz CT molecular complexity index is 2460. The molecule has 230 valence electrons. The topological polar surface area (TPSA) is 107 Å². The zero-order valence-electron chi connectivity index (χ0n) is 25.8. The Morgan fingerprint density at radius 3 is 2.35 bits per heavy atom. The minimum Gasteiger partial charge on any atom is -0.360 e. The van der Waals surface area contributed by atoms with Crippen LogP contribution in [0.5, 0.6) is 0 Å². The van der Waals surface area contributed by atoms with Crippen LogP contribution in [-0.2, 0) is 4.79 Å². The predicted molar refractivity (Wildman–Crippen MR) is 191 cm³/mol. The molecule has 0 saturated heterocycles. The second kappa shape index (κ2) is 13.0. The van der Waals surface area contributed by atoms with E-state index < -0.39 is 17.6 Å². The quantitative estimate of drug-likeness (QED) is 0.0969. The van der Waals surface area contributed by atoms with Crippen LogP contribution >= 0.6 is 0 Å². The number of nitrogens with one attached hydrogen (secondary N) is 1. The van der Waals surface area contributed by atoms with Gasteiger partial charge in [-0.25, -0.2) is 0 Å². The molecule has 48 heavy (non-hydrogen) atoms. The Morgan fingerprint density at radius 1 is 0.792 bits per heavy atom. The molecular weight excluding hydrogens is 594 g/mol. The number of fused-ring (bicyclic) bond motifs is 5. The van der Waals surface area contributed by atoms with E-state index in [-0.39, 0.29) is 5.92 Å². The molecule has 8 rings (SSSR count). The third kappa shape index (κ3) is 5.34. The maximum Gasteiger partial charge on any atom is 0.180 e. The predicted octanol–water partition coefficient (Wildman–Crippen LogP) is 7.51. The van der Waals surface area contributed by atoms with E-state index >= 15 is 0 Å². The molecule has 2 unspecified atom stereocenters. The Labute approximate surface area is 276 Å². The van der Waals surface area contributed by atoms with E-state index in [0.29, 0.717) is 21.9 Å². The van der Waals surface area contributed by atoms with Crippen molar-refractivity contribution in [3.63, 3.8) is 0 Å². The lowest BCUT2D eigenvalue weighted by molar-refractivity contribution is -0.114. The highest BCUT2D eigenvalue weighted by atomic mass is 16.2. The fourth-order valence-electron chi connectivity index (χ4n) is 6.60. The normalized spacial score (nSPS) is 16.6. The molecule has 0 fully saturated rings. The van der Waals surface area contributed by atoms with Crippen molar-refractivity contribution in [2.24, 2.45) is 10.1 Å². The summed E-state index contributed by atoms with van der Waals surface area (Å²) >= 11 is 0. The van der Waals surface area contributed by atoms with Crippen LogP contribution in [0.4, 0.5) is 11.4 Å². The largest absolute Gasteiger partial charge is 0.360 e. The molecule has 0 spiro atoms. The highest BCUT2D eigenvalue weighted by molar-refractivity contribution is 6.35. The maximum atomic E-state index is 14.0. The van der Waals surface area contributed by atoms with Gasteiger partial charge in [0.25, 0.3) is 0 Å². The van der Waals surface area contributed by atoms with E-state index in [1.165, 1.54) is 0 Å². The van der Waals surface area contributed by atoms with E-state index in [9.17, 15) is 15.1 Å². The molecule has 0 aromatic heterocycles. The number of aliphatic imine (C=N–C) groups is 1.